The van der Waals surface area contributed by atoms with Gasteiger partial charge in [0.25, 0.3) is 0 Å². The molecule has 0 amide bonds. The van der Waals surface area contributed by atoms with Crippen molar-refractivity contribution in [3.8, 4) is 5.75 Å². The average Bonchev–Trinajstić information content (AvgIpc) is 3.48. The second-order valence-corrected chi connectivity index (χ2v) is 15.3. The zero-order valence-corrected chi connectivity index (χ0v) is 24.0. The van der Waals surface area contributed by atoms with Crippen molar-refractivity contribution in [1.29, 1.82) is 0 Å². The lowest BCUT2D eigenvalue weighted by Crippen LogP contribution is -2.65. The van der Waals surface area contributed by atoms with Gasteiger partial charge in [-0.25, -0.2) is 4.79 Å². The number of likely N-dealkylation sites (tertiary alicyclic amines) is 1. The Balaban J connectivity index is 1.14. The molecule has 8 rings (SSSR count). The molecule has 200 valence electrons. The maximum atomic E-state index is 13.3. The Labute approximate surface area is 225 Å². The summed E-state index contributed by atoms with van der Waals surface area (Å²) in [7, 11) is 1.97. The molecule has 0 N–H and O–H groups in total. The van der Waals surface area contributed by atoms with Gasteiger partial charge in [0, 0.05) is 42.9 Å². The molecule has 2 bridgehead atoms. The highest BCUT2D eigenvalue weighted by Crippen LogP contribution is 2.68. The van der Waals surface area contributed by atoms with Crippen LogP contribution < -0.4 is 4.74 Å². The van der Waals surface area contributed by atoms with E-state index in [1.54, 1.807) is 11.8 Å². The van der Waals surface area contributed by atoms with Crippen LogP contribution in [0.4, 0.5) is 0 Å². The highest BCUT2D eigenvalue weighted by atomic mass is 32.2. The highest BCUT2D eigenvalue weighted by molar-refractivity contribution is 8.00. The summed E-state index contributed by atoms with van der Waals surface area (Å²) >= 11 is 1.78. The molecule has 7 atom stereocenters. The molecule has 1 aromatic carbocycles. The van der Waals surface area contributed by atoms with Gasteiger partial charge in [0.15, 0.2) is 0 Å². The van der Waals surface area contributed by atoms with E-state index in [-0.39, 0.29) is 30.7 Å². The number of fused-ring (bicyclic) bond motifs is 1. The van der Waals surface area contributed by atoms with E-state index in [0.717, 1.165) is 42.3 Å². The Morgan fingerprint density at radius 2 is 1.84 bits per heavy atom. The van der Waals surface area contributed by atoms with Crippen LogP contribution in [0.15, 0.2) is 17.0 Å². The maximum absolute atomic E-state index is 13.3. The van der Waals surface area contributed by atoms with Crippen LogP contribution in [0.2, 0.25) is 5.82 Å². The van der Waals surface area contributed by atoms with Crippen LogP contribution >= 0.6 is 11.8 Å². The Kier molecular flexibility index (Phi) is 5.31. The molecular weight excluding hydrogens is 485 g/mol. The van der Waals surface area contributed by atoms with Gasteiger partial charge < -0.3 is 23.7 Å². The van der Waals surface area contributed by atoms with E-state index in [0.29, 0.717) is 39.6 Å². The van der Waals surface area contributed by atoms with Crippen molar-refractivity contribution in [1.82, 2.24) is 4.90 Å². The first-order valence-corrected chi connectivity index (χ1v) is 15.0. The van der Waals surface area contributed by atoms with Gasteiger partial charge in [0.2, 0.25) is 5.79 Å². The Hall–Kier alpha value is -1.22. The molecule has 0 spiro atoms. The Bertz CT molecular complexity index is 1150. The van der Waals surface area contributed by atoms with Crippen molar-refractivity contribution >= 4 is 24.8 Å². The van der Waals surface area contributed by atoms with E-state index < -0.39 is 5.79 Å². The summed E-state index contributed by atoms with van der Waals surface area (Å²) in [5.74, 6) is 1.95. The number of ether oxygens (including phenoxy) is 2. The molecule has 0 aromatic heterocycles. The van der Waals surface area contributed by atoms with Gasteiger partial charge in [-0.15, -0.1) is 11.8 Å². The van der Waals surface area contributed by atoms with Crippen molar-refractivity contribution in [2.75, 3.05) is 20.1 Å². The number of carbonyl (C=O) groups is 1. The van der Waals surface area contributed by atoms with Gasteiger partial charge in [-0.2, -0.15) is 0 Å². The number of carbonyl (C=O) groups excluding carboxylic acids is 1. The average molecular weight is 526 g/mol. The fraction of sp³-hybridized carbons (Fsp3) is 0.759. The van der Waals surface area contributed by atoms with Gasteiger partial charge in [-0.3, -0.25) is 0 Å². The van der Waals surface area contributed by atoms with E-state index in [9.17, 15) is 4.79 Å². The predicted octanol–water partition coefficient (Wildman–Crippen LogP) is 5.60. The van der Waals surface area contributed by atoms with E-state index in [4.69, 9.17) is 18.8 Å². The first-order valence-electron chi connectivity index (χ1n) is 14.1. The van der Waals surface area contributed by atoms with Gasteiger partial charge >= 0.3 is 13.1 Å². The summed E-state index contributed by atoms with van der Waals surface area (Å²) in [6.45, 7) is 15.2. The SMILES string of the molecule is C[C@@H](Sc1ccc([C@H]2C[C@H]2B2O[C@H]3C[C@H]4C[C@H](C4(C)C)[C@]3(C)O2)c2c1C(=O)OC(C)(C)O2)C1CN(C)C1. The van der Waals surface area contributed by atoms with Crippen LogP contribution in [-0.4, -0.2) is 60.9 Å². The predicted molar refractivity (Wildman–Crippen MR) is 144 cm³/mol. The number of cyclic esters (lactones) is 1. The standard InChI is InChI=1S/C29H40BNO5S/c1-15(16-13-31(7)14-16)37-21-9-8-18(25-24(21)26(32)34-28(4,5)33-25)19-12-20(19)30-35-23-11-17-10-22(27(17,2)3)29(23,6)36-30/h8-9,15-17,19-20,22-23H,10-14H2,1-7H3/t15-,17-,19-,20-,22-,23+,29+/m1/s1. The van der Waals surface area contributed by atoms with Crippen LogP contribution in [0, 0.1) is 23.2 Å². The van der Waals surface area contributed by atoms with Crippen molar-refractivity contribution in [2.45, 2.75) is 100 Å². The molecular formula is C29H40BNO5S. The molecule has 7 aliphatic rings. The number of esters is 1. The minimum absolute atomic E-state index is 0.181. The molecule has 3 heterocycles. The molecule has 3 aliphatic heterocycles. The van der Waals surface area contributed by atoms with Gasteiger partial charge in [0.1, 0.15) is 11.3 Å². The molecule has 1 aromatic rings. The molecule has 6 nitrogen and oxygen atoms in total. The molecule has 2 saturated heterocycles. The largest absolute Gasteiger partial charge is 0.461 e. The van der Waals surface area contributed by atoms with E-state index in [1.165, 1.54) is 6.42 Å². The number of hydrogen-bond donors (Lipinski definition) is 0. The fourth-order valence-corrected chi connectivity index (χ4v) is 9.32. The zero-order chi connectivity index (χ0) is 26.1. The second-order valence-electron chi connectivity index (χ2n) is 13.9. The molecule has 4 aliphatic carbocycles. The summed E-state index contributed by atoms with van der Waals surface area (Å²) in [6, 6.07) is 4.30. The number of thioether (sulfide) groups is 1. The summed E-state index contributed by atoms with van der Waals surface area (Å²) in [5.41, 5.74) is 1.85. The fourth-order valence-electron chi connectivity index (χ4n) is 8.11. The number of nitrogens with zero attached hydrogens (tertiary/aromatic N) is 1. The maximum Gasteiger partial charge on any atom is 0.461 e. The van der Waals surface area contributed by atoms with Crippen LogP contribution in [0.25, 0.3) is 0 Å². The van der Waals surface area contributed by atoms with Crippen molar-refractivity contribution in [3.63, 3.8) is 0 Å². The van der Waals surface area contributed by atoms with E-state index in [2.05, 4.69) is 51.8 Å². The summed E-state index contributed by atoms with van der Waals surface area (Å²) in [4.78, 5) is 16.6. The van der Waals surface area contributed by atoms with Crippen molar-refractivity contribution in [2.24, 2.45) is 23.2 Å². The third-order valence-corrected chi connectivity index (χ3v) is 12.0. The third kappa shape index (κ3) is 3.68. The van der Waals surface area contributed by atoms with E-state index >= 15 is 0 Å². The van der Waals surface area contributed by atoms with Gasteiger partial charge in [-0.1, -0.05) is 26.8 Å². The van der Waals surface area contributed by atoms with Crippen molar-refractivity contribution in [3.05, 3.63) is 23.3 Å². The van der Waals surface area contributed by atoms with Crippen LogP contribution in [0.1, 0.15) is 82.6 Å². The highest BCUT2D eigenvalue weighted by Gasteiger charge is 2.70. The first kappa shape index (κ1) is 24.8. The van der Waals surface area contributed by atoms with Gasteiger partial charge in [0.05, 0.1) is 11.7 Å². The number of rotatable bonds is 5. The smallest absolute Gasteiger partial charge is 0.452 e. The minimum atomic E-state index is -0.982. The van der Waals surface area contributed by atoms with Gasteiger partial charge in [-0.05, 0) is 74.0 Å². The molecule has 6 fully saturated rings. The number of benzene rings is 1. The summed E-state index contributed by atoms with van der Waals surface area (Å²) in [5, 5.41) is 0.419. The molecule has 0 radical (unpaired) electrons. The second kappa shape index (κ2) is 7.92. The Morgan fingerprint density at radius 3 is 2.54 bits per heavy atom. The molecule has 37 heavy (non-hydrogen) atoms. The Morgan fingerprint density at radius 1 is 1.08 bits per heavy atom. The van der Waals surface area contributed by atoms with E-state index in [1.807, 2.05) is 13.8 Å². The quantitative estimate of drug-likeness (QED) is 0.282. The zero-order valence-electron chi connectivity index (χ0n) is 23.2. The van der Waals surface area contributed by atoms with Crippen LogP contribution in [0.3, 0.4) is 0 Å². The van der Waals surface area contributed by atoms with Crippen LogP contribution in [0.5, 0.6) is 5.75 Å². The molecule has 4 saturated carbocycles. The van der Waals surface area contributed by atoms with Crippen molar-refractivity contribution < 1.29 is 23.6 Å². The van der Waals surface area contributed by atoms with Crippen LogP contribution in [-0.2, 0) is 14.0 Å². The first-order chi connectivity index (χ1) is 17.4. The summed E-state index contributed by atoms with van der Waals surface area (Å²) in [6.07, 6.45) is 3.55. The molecule has 8 heteroatoms. The number of hydrogen-bond acceptors (Lipinski definition) is 7. The summed E-state index contributed by atoms with van der Waals surface area (Å²) < 4.78 is 25.5. The minimum Gasteiger partial charge on any atom is -0.452 e. The monoisotopic (exact) mass is 525 g/mol. The normalized spacial score (nSPS) is 40.0. The molecule has 0 unspecified atom stereocenters. The lowest BCUT2D eigenvalue weighted by atomic mass is 9.43. The lowest BCUT2D eigenvalue weighted by Gasteiger charge is -2.64. The topological polar surface area (TPSA) is 57.2 Å². The lowest BCUT2D eigenvalue weighted by molar-refractivity contribution is -0.199. The third-order valence-electron chi connectivity index (χ3n) is 10.7.